The number of hydrogen-bond acceptors (Lipinski definition) is 7. The summed E-state index contributed by atoms with van der Waals surface area (Å²) >= 11 is 0.973. The van der Waals surface area contributed by atoms with Gasteiger partial charge in [-0.15, -0.1) is 10.2 Å². The second-order valence-corrected chi connectivity index (χ2v) is 5.50. The van der Waals surface area contributed by atoms with Crippen LogP contribution >= 0.6 is 11.8 Å². The molecule has 0 atom stereocenters. The number of halogens is 1. The number of nitro groups is 1. The zero-order chi connectivity index (χ0) is 17.1. The number of aromatic nitrogens is 2. The van der Waals surface area contributed by atoms with Crippen LogP contribution in [0.2, 0.25) is 0 Å². The Morgan fingerprint density at radius 3 is 2.75 bits per heavy atom. The third kappa shape index (κ3) is 3.09. The van der Waals surface area contributed by atoms with E-state index in [1.807, 2.05) is 6.07 Å². The lowest BCUT2D eigenvalue weighted by atomic mass is 10.2. The molecule has 0 aliphatic heterocycles. The van der Waals surface area contributed by atoms with E-state index >= 15 is 0 Å². The number of benzene rings is 2. The molecule has 0 unspecified atom stereocenters. The Hall–Kier alpha value is -3.25. The van der Waals surface area contributed by atoms with Crippen molar-refractivity contribution in [2.24, 2.45) is 0 Å². The summed E-state index contributed by atoms with van der Waals surface area (Å²) in [6.45, 7) is 0. The number of nitriles is 1. The van der Waals surface area contributed by atoms with Crippen LogP contribution in [-0.2, 0) is 0 Å². The molecule has 0 radical (unpaired) electrons. The van der Waals surface area contributed by atoms with Gasteiger partial charge < -0.3 is 4.42 Å². The van der Waals surface area contributed by atoms with Gasteiger partial charge in [-0.1, -0.05) is 12.1 Å². The Kier molecular flexibility index (Phi) is 4.22. The Morgan fingerprint density at radius 1 is 1.25 bits per heavy atom. The zero-order valence-corrected chi connectivity index (χ0v) is 12.7. The Morgan fingerprint density at radius 2 is 2.04 bits per heavy atom. The van der Waals surface area contributed by atoms with Gasteiger partial charge in [0.1, 0.15) is 11.9 Å². The maximum atomic E-state index is 13.7. The van der Waals surface area contributed by atoms with Crippen molar-refractivity contribution in [3.63, 3.8) is 0 Å². The number of nitrogens with zero attached hydrogens (tertiary/aromatic N) is 4. The van der Waals surface area contributed by atoms with Gasteiger partial charge in [-0.25, -0.2) is 4.39 Å². The molecule has 9 heteroatoms. The van der Waals surface area contributed by atoms with Gasteiger partial charge in [0.2, 0.25) is 0 Å². The summed E-state index contributed by atoms with van der Waals surface area (Å²) in [5.74, 6) is -0.484. The molecule has 1 heterocycles. The van der Waals surface area contributed by atoms with Gasteiger partial charge in [0.15, 0.2) is 0 Å². The fourth-order valence-electron chi connectivity index (χ4n) is 1.90. The summed E-state index contributed by atoms with van der Waals surface area (Å²) in [7, 11) is 0. The van der Waals surface area contributed by atoms with Gasteiger partial charge in [0, 0.05) is 17.0 Å². The molecule has 3 rings (SSSR count). The molecule has 2 aromatic carbocycles. The molecule has 0 saturated carbocycles. The number of nitro benzene ring substituents is 1. The molecule has 7 nitrogen and oxygen atoms in total. The van der Waals surface area contributed by atoms with Crippen molar-refractivity contribution in [2.45, 2.75) is 10.1 Å². The van der Waals surface area contributed by atoms with Crippen molar-refractivity contribution in [2.75, 3.05) is 0 Å². The molecule has 118 valence electrons. The predicted octanol–water partition coefficient (Wildman–Crippen LogP) is 3.81. The maximum Gasteiger partial charge on any atom is 0.281 e. The second-order valence-electron chi connectivity index (χ2n) is 4.50. The Bertz CT molecular complexity index is 967. The van der Waals surface area contributed by atoms with Crippen molar-refractivity contribution >= 4 is 17.4 Å². The highest BCUT2D eigenvalue weighted by Gasteiger charge is 2.16. The van der Waals surface area contributed by atoms with Crippen LogP contribution in [0.25, 0.3) is 11.5 Å². The summed E-state index contributed by atoms with van der Waals surface area (Å²) < 4.78 is 19.1. The van der Waals surface area contributed by atoms with Gasteiger partial charge in [-0.3, -0.25) is 10.1 Å². The van der Waals surface area contributed by atoms with Crippen molar-refractivity contribution in [3.8, 4) is 17.5 Å². The van der Waals surface area contributed by atoms with Gasteiger partial charge >= 0.3 is 0 Å². The monoisotopic (exact) mass is 342 g/mol. The Labute approximate surface area is 138 Å². The topological polar surface area (TPSA) is 106 Å². The van der Waals surface area contributed by atoms with Crippen LogP contribution in [0.4, 0.5) is 10.1 Å². The van der Waals surface area contributed by atoms with E-state index in [0.717, 1.165) is 17.8 Å². The molecule has 0 saturated heterocycles. The molecule has 24 heavy (non-hydrogen) atoms. The van der Waals surface area contributed by atoms with E-state index in [1.54, 1.807) is 12.1 Å². The highest BCUT2D eigenvalue weighted by atomic mass is 32.2. The molecule has 3 aromatic rings. The van der Waals surface area contributed by atoms with E-state index in [0.29, 0.717) is 4.90 Å². The number of rotatable bonds is 4. The minimum absolute atomic E-state index is 0.0102. The molecule has 1 aromatic heterocycles. The highest BCUT2D eigenvalue weighted by Crippen LogP contribution is 2.33. The van der Waals surface area contributed by atoms with Gasteiger partial charge in [0.25, 0.3) is 16.8 Å². The smallest absolute Gasteiger partial charge is 0.281 e. The first kappa shape index (κ1) is 15.6. The second kappa shape index (κ2) is 6.47. The fourth-order valence-corrected chi connectivity index (χ4v) is 2.64. The molecule has 0 spiro atoms. The Balaban J connectivity index is 1.89. The van der Waals surface area contributed by atoms with Crippen LogP contribution in [0.15, 0.2) is 57.0 Å². The molecule has 0 bridgehead atoms. The third-order valence-corrected chi connectivity index (χ3v) is 3.92. The first-order valence-electron chi connectivity index (χ1n) is 6.53. The normalized spacial score (nSPS) is 10.3. The highest BCUT2D eigenvalue weighted by molar-refractivity contribution is 7.99. The average Bonchev–Trinajstić information content (AvgIpc) is 3.03. The summed E-state index contributed by atoms with van der Waals surface area (Å²) in [5, 5.41) is 27.5. The summed E-state index contributed by atoms with van der Waals surface area (Å²) in [5.41, 5.74) is 0.0920. The van der Waals surface area contributed by atoms with Crippen LogP contribution in [0.1, 0.15) is 5.56 Å². The van der Waals surface area contributed by atoms with Crippen LogP contribution in [0.5, 0.6) is 0 Å². The van der Waals surface area contributed by atoms with E-state index in [1.165, 1.54) is 24.3 Å². The first-order valence-corrected chi connectivity index (χ1v) is 7.35. The first-order chi connectivity index (χ1) is 11.6. The predicted molar refractivity (Wildman–Crippen MR) is 81.6 cm³/mol. The molecular weight excluding hydrogens is 335 g/mol. The van der Waals surface area contributed by atoms with Crippen LogP contribution in [-0.4, -0.2) is 15.1 Å². The van der Waals surface area contributed by atoms with Crippen molar-refractivity contribution < 1.29 is 13.7 Å². The van der Waals surface area contributed by atoms with Gasteiger partial charge in [0.05, 0.1) is 16.1 Å². The molecular formula is C15H7FN4O3S. The lowest BCUT2D eigenvalue weighted by Crippen LogP contribution is -1.90. The van der Waals surface area contributed by atoms with Crippen LogP contribution < -0.4 is 0 Å². The molecule has 0 N–H and O–H groups in total. The molecule has 0 amide bonds. The zero-order valence-electron chi connectivity index (χ0n) is 11.8. The lowest BCUT2D eigenvalue weighted by Gasteiger charge is -2.00. The van der Waals surface area contributed by atoms with Crippen molar-refractivity contribution in [1.82, 2.24) is 10.2 Å². The van der Waals surface area contributed by atoms with E-state index in [2.05, 4.69) is 10.2 Å². The fraction of sp³-hybridized carbons (Fsp3) is 0. The summed E-state index contributed by atoms with van der Waals surface area (Å²) in [6, 6.07) is 11.7. The average molecular weight is 342 g/mol. The number of hydrogen-bond donors (Lipinski definition) is 0. The largest absolute Gasteiger partial charge is 0.411 e. The lowest BCUT2D eigenvalue weighted by molar-refractivity contribution is -0.384. The molecule has 0 aliphatic carbocycles. The van der Waals surface area contributed by atoms with Gasteiger partial charge in [-0.05, 0) is 30.0 Å². The molecule has 0 aliphatic rings. The van der Waals surface area contributed by atoms with Crippen molar-refractivity contribution in [3.05, 3.63) is 64.0 Å². The summed E-state index contributed by atoms with van der Waals surface area (Å²) in [4.78, 5) is 10.6. The summed E-state index contributed by atoms with van der Waals surface area (Å²) in [6.07, 6.45) is 0. The van der Waals surface area contributed by atoms with E-state index < -0.39 is 10.7 Å². The van der Waals surface area contributed by atoms with Crippen LogP contribution in [0, 0.1) is 27.3 Å². The SMILES string of the molecule is N#Cc1cc([N+](=O)[O-])ccc1Sc1nnc(-c2ccccc2F)o1. The van der Waals surface area contributed by atoms with E-state index in [-0.39, 0.29) is 27.9 Å². The van der Waals surface area contributed by atoms with Gasteiger partial charge in [-0.2, -0.15) is 5.26 Å². The molecule has 0 fully saturated rings. The third-order valence-electron chi connectivity index (χ3n) is 3.00. The van der Waals surface area contributed by atoms with Crippen LogP contribution in [0.3, 0.4) is 0 Å². The standard InChI is InChI=1S/C15H7FN4O3S/c16-12-4-2-1-3-11(12)14-18-19-15(23-14)24-13-6-5-10(20(21)22)7-9(13)8-17/h1-7H. The van der Waals surface area contributed by atoms with E-state index in [9.17, 15) is 14.5 Å². The quantitative estimate of drug-likeness (QED) is 0.524. The maximum absolute atomic E-state index is 13.7. The minimum atomic E-state index is -0.585. The van der Waals surface area contributed by atoms with E-state index in [4.69, 9.17) is 9.68 Å². The van der Waals surface area contributed by atoms with Crippen molar-refractivity contribution in [1.29, 1.82) is 5.26 Å². The number of non-ortho nitro benzene ring substituents is 1. The minimum Gasteiger partial charge on any atom is -0.411 e.